The number of amides is 2. The number of hydrogen-bond donors (Lipinski definition) is 3. The van der Waals surface area contributed by atoms with E-state index in [9.17, 15) is 9.59 Å². The van der Waals surface area contributed by atoms with Crippen LogP contribution in [0.1, 0.15) is 20.3 Å². The molecule has 1 unspecified atom stereocenters. The third-order valence-electron chi connectivity index (χ3n) is 2.19. The van der Waals surface area contributed by atoms with Gasteiger partial charge in [0.25, 0.3) is 0 Å². The van der Waals surface area contributed by atoms with Gasteiger partial charge in [0.1, 0.15) is 5.54 Å². The van der Waals surface area contributed by atoms with Gasteiger partial charge in [-0.1, -0.05) is 0 Å². The number of rotatable bonds is 3. The van der Waals surface area contributed by atoms with Crippen molar-refractivity contribution in [3.63, 3.8) is 0 Å². The zero-order valence-corrected chi connectivity index (χ0v) is 7.89. The van der Waals surface area contributed by atoms with Crippen molar-refractivity contribution in [3.05, 3.63) is 0 Å². The lowest BCUT2D eigenvalue weighted by Gasteiger charge is -2.30. The molecule has 1 heterocycles. The number of carbonyl (C=O) groups is 2. The minimum Gasteiger partial charge on any atom is -0.368 e. The lowest BCUT2D eigenvalue weighted by Crippen LogP contribution is -2.60. The summed E-state index contributed by atoms with van der Waals surface area (Å²) in [5.41, 5.74) is 4.14. The molecule has 13 heavy (non-hydrogen) atoms. The minimum absolute atomic E-state index is 0.154. The third-order valence-corrected chi connectivity index (χ3v) is 2.19. The summed E-state index contributed by atoms with van der Waals surface area (Å²) >= 11 is 0. The van der Waals surface area contributed by atoms with Gasteiger partial charge in [-0.15, -0.1) is 0 Å². The molecule has 0 aromatic heterocycles. The Bertz CT molecular complexity index is 234. The molecule has 0 aliphatic carbocycles. The van der Waals surface area contributed by atoms with Gasteiger partial charge in [-0.25, -0.2) is 0 Å². The van der Waals surface area contributed by atoms with Crippen molar-refractivity contribution >= 4 is 11.8 Å². The molecule has 1 rings (SSSR count). The SMILES string of the molecule is CC(C)(NC(=O)C1CCN1)C(N)=O. The van der Waals surface area contributed by atoms with Gasteiger partial charge in [-0.05, 0) is 26.8 Å². The van der Waals surface area contributed by atoms with Crippen LogP contribution >= 0.6 is 0 Å². The Balaban J connectivity index is 2.46. The zero-order valence-electron chi connectivity index (χ0n) is 7.89. The van der Waals surface area contributed by atoms with Gasteiger partial charge >= 0.3 is 0 Å². The van der Waals surface area contributed by atoms with Crippen molar-refractivity contribution in [1.82, 2.24) is 10.6 Å². The first-order valence-electron chi connectivity index (χ1n) is 4.29. The molecule has 1 atom stereocenters. The highest BCUT2D eigenvalue weighted by Crippen LogP contribution is 2.06. The van der Waals surface area contributed by atoms with Gasteiger partial charge < -0.3 is 16.4 Å². The van der Waals surface area contributed by atoms with Crippen molar-refractivity contribution in [2.45, 2.75) is 31.8 Å². The molecule has 1 saturated heterocycles. The molecule has 4 N–H and O–H groups in total. The van der Waals surface area contributed by atoms with Gasteiger partial charge in [0.2, 0.25) is 11.8 Å². The molecule has 74 valence electrons. The average molecular weight is 185 g/mol. The molecular formula is C8H15N3O2. The summed E-state index contributed by atoms with van der Waals surface area (Å²) in [5.74, 6) is -0.685. The summed E-state index contributed by atoms with van der Waals surface area (Å²) in [6.45, 7) is 4.03. The molecule has 1 aliphatic heterocycles. The summed E-state index contributed by atoms with van der Waals surface area (Å²) in [7, 11) is 0. The van der Waals surface area contributed by atoms with E-state index in [-0.39, 0.29) is 11.9 Å². The maximum absolute atomic E-state index is 11.4. The van der Waals surface area contributed by atoms with E-state index in [2.05, 4.69) is 10.6 Å². The lowest BCUT2D eigenvalue weighted by atomic mass is 10.0. The van der Waals surface area contributed by atoms with Gasteiger partial charge in [0.05, 0.1) is 6.04 Å². The molecule has 0 aromatic carbocycles. The highest BCUT2D eigenvalue weighted by molar-refractivity contribution is 5.91. The van der Waals surface area contributed by atoms with Crippen LogP contribution in [-0.2, 0) is 9.59 Å². The summed E-state index contributed by atoms with van der Waals surface area (Å²) < 4.78 is 0. The fourth-order valence-electron chi connectivity index (χ4n) is 0.969. The number of nitrogens with one attached hydrogen (secondary N) is 2. The zero-order chi connectivity index (χ0) is 10.1. The first-order chi connectivity index (χ1) is 5.93. The van der Waals surface area contributed by atoms with Crippen molar-refractivity contribution in [2.75, 3.05) is 6.54 Å². The van der Waals surface area contributed by atoms with Crippen molar-refractivity contribution < 1.29 is 9.59 Å². The number of primary amides is 1. The van der Waals surface area contributed by atoms with Crippen LogP contribution < -0.4 is 16.4 Å². The second-order valence-corrected chi connectivity index (χ2v) is 3.77. The molecule has 0 spiro atoms. The predicted molar refractivity (Wildman–Crippen MR) is 47.8 cm³/mol. The van der Waals surface area contributed by atoms with Gasteiger partial charge in [0.15, 0.2) is 0 Å². The fraction of sp³-hybridized carbons (Fsp3) is 0.750. The van der Waals surface area contributed by atoms with Gasteiger partial charge in [0, 0.05) is 0 Å². The monoisotopic (exact) mass is 185 g/mol. The van der Waals surface area contributed by atoms with Crippen molar-refractivity contribution in [1.29, 1.82) is 0 Å². The van der Waals surface area contributed by atoms with Crippen LogP contribution in [0.3, 0.4) is 0 Å². The second-order valence-electron chi connectivity index (χ2n) is 3.77. The molecule has 5 nitrogen and oxygen atoms in total. The maximum Gasteiger partial charge on any atom is 0.242 e. The van der Waals surface area contributed by atoms with E-state index in [0.717, 1.165) is 13.0 Å². The smallest absolute Gasteiger partial charge is 0.242 e. The Morgan fingerprint density at radius 1 is 1.54 bits per heavy atom. The van der Waals surface area contributed by atoms with E-state index in [1.807, 2.05) is 0 Å². The Kier molecular flexibility index (Phi) is 2.56. The van der Waals surface area contributed by atoms with E-state index >= 15 is 0 Å². The lowest BCUT2D eigenvalue weighted by molar-refractivity contribution is -0.132. The summed E-state index contributed by atoms with van der Waals surface area (Å²) in [4.78, 5) is 22.2. The number of hydrogen-bond acceptors (Lipinski definition) is 3. The van der Waals surface area contributed by atoms with E-state index < -0.39 is 11.4 Å². The standard InChI is InChI=1S/C8H15N3O2/c1-8(2,7(9)13)11-6(12)5-3-4-10-5/h5,10H,3-4H2,1-2H3,(H2,9,13)(H,11,12). The van der Waals surface area contributed by atoms with E-state index in [0.29, 0.717) is 0 Å². The Morgan fingerprint density at radius 3 is 2.38 bits per heavy atom. The Labute approximate surface area is 77.1 Å². The highest BCUT2D eigenvalue weighted by Gasteiger charge is 2.32. The quantitative estimate of drug-likeness (QED) is 0.512. The third kappa shape index (κ3) is 2.18. The molecule has 0 saturated carbocycles. The minimum atomic E-state index is -0.964. The van der Waals surface area contributed by atoms with E-state index in [1.165, 1.54) is 0 Å². The van der Waals surface area contributed by atoms with Crippen molar-refractivity contribution in [3.8, 4) is 0 Å². The second kappa shape index (κ2) is 3.33. The van der Waals surface area contributed by atoms with Crippen LogP contribution in [0.2, 0.25) is 0 Å². The Morgan fingerprint density at radius 2 is 2.08 bits per heavy atom. The molecule has 1 aliphatic rings. The summed E-state index contributed by atoms with van der Waals surface area (Å²) in [6, 6.07) is -0.154. The van der Waals surface area contributed by atoms with Gasteiger partial charge in [-0.2, -0.15) is 0 Å². The van der Waals surface area contributed by atoms with Crippen LogP contribution in [0, 0.1) is 0 Å². The number of carbonyl (C=O) groups excluding carboxylic acids is 2. The van der Waals surface area contributed by atoms with E-state index in [1.54, 1.807) is 13.8 Å². The molecule has 1 fully saturated rings. The predicted octanol–water partition coefficient (Wildman–Crippen LogP) is -1.27. The largest absolute Gasteiger partial charge is 0.368 e. The molecule has 5 heteroatoms. The fourth-order valence-corrected chi connectivity index (χ4v) is 0.969. The van der Waals surface area contributed by atoms with Gasteiger partial charge in [-0.3, -0.25) is 9.59 Å². The van der Waals surface area contributed by atoms with Crippen molar-refractivity contribution in [2.24, 2.45) is 5.73 Å². The normalized spacial score (nSPS) is 21.8. The maximum atomic E-state index is 11.4. The Hall–Kier alpha value is -1.10. The molecule has 0 radical (unpaired) electrons. The van der Waals surface area contributed by atoms with Crippen LogP contribution in [0.4, 0.5) is 0 Å². The molecule has 0 bridgehead atoms. The first kappa shape index (κ1) is 9.98. The highest BCUT2D eigenvalue weighted by atomic mass is 16.2. The topological polar surface area (TPSA) is 84.2 Å². The van der Waals surface area contributed by atoms with Crippen LogP contribution in [0.25, 0.3) is 0 Å². The summed E-state index contributed by atoms with van der Waals surface area (Å²) in [6.07, 6.45) is 0.820. The molecule has 2 amide bonds. The molecule has 0 aromatic rings. The number of nitrogens with two attached hydrogens (primary N) is 1. The average Bonchev–Trinajstić information content (AvgIpc) is 1.80. The first-order valence-corrected chi connectivity index (χ1v) is 4.29. The molecular weight excluding hydrogens is 170 g/mol. The van der Waals surface area contributed by atoms with Crippen LogP contribution in [0.15, 0.2) is 0 Å². The van der Waals surface area contributed by atoms with Crippen LogP contribution in [0.5, 0.6) is 0 Å². The van der Waals surface area contributed by atoms with Crippen LogP contribution in [-0.4, -0.2) is 29.9 Å². The van der Waals surface area contributed by atoms with E-state index in [4.69, 9.17) is 5.73 Å². The summed E-state index contributed by atoms with van der Waals surface area (Å²) in [5, 5.41) is 5.52.